The van der Waals surface area contributed by atoms with Crippen LogP contribution < -0.4 is 0 Å². The Kier molecular flexibility index (Phi) is 548. The molecule has 4 heavy (non-hydrogen) atoms. The topological polar surface area (TPSA) is 0 Å². The maximum Gasteiger partial charge on any atom is 0 e. The van der Waals surface area contributed by atoms with Crippen LogP contribution in [0.25, 0.3) is 0 Å². The minimum absolute atomic E-state index is 0. The summed E-state index contributed by atoms with van der Waals surface area (Å²) in [6, 6.07) is 0. The van der Waals surface area contributed by atoms with E-state index in [9.17, 15) is 0 Å². The molecule has 18 valence electrons. The molecule has 0 aromatic heterocycles. The molecule has 0 bridgehead atoms. The third-order valence-electron chi connectivity index (χ3n) is 0. The summed E-state index contributed by atoms with van der Waals surface area (Å²) < 4.78 is 0. The first kappa shape index (κ1) is 68.9. The van der Waals surface area contributed by atoms with E-state index in [1.54, 1.807) is 0 Å². The molecule has 0 N–H and O–H groups in total. The van der Waals surface area contributed by atoms with Gasteiger partial charge >= 0.3 is 0 Å². The number of hydrogen-bond acceptors (Lipinski definition) is 0. The molecule has 0 atom stereocenters. The molecule has 0 saturated carbocycles. The van der Waals surface area contributed by atoms with Crippen molar-refractivity contribution in [3.8, 4) is 0 Å². The number of halogens is 1. The summed E-state index contributed by atoms with van der Waals surface area (Å²) in [6.07, 6.45) is 0. The minimum atomic E-state index is 0. The molecule has 0 aliphatic rings. The van der Waals surface area contributed by atoms with Crippen LogP contribution in [0, 0.1) is 0 Å². The molecular formula is CH5FLi2. The molecule has 0 rings (SSSR count). The molecule has 0 unspecified atom stereocenters. The largest absolute Gasteiger partial charge is 0.269 e. The van der Waals surface area contributed by atoms with Gasteiger partial charge in [-0.3, -0.25) is 4.70 Å². The fourth-order valence-electron chi connectivity index (χ4n) is 0. The summed E-state index contributed by atoms with van der Waals surface area (Å²) in [5.41, 5.74) is 0. The van der Waals surface area contributed by atoms with Gasteiger partial charge in [-0.1, -0.05) is 7.43 Å². The van der Waals surface area contributed by atoms with E-state index in [4.69, 9.17) is 0 Å². The smallest absolute Gasteiger partial charge is 0 e. The Balaban J connectivity index is 0. The van der Waals surface area contributed by atoms with Crippen molar-refractivity contribution in [3.05, 3.63) is 0 Å². The molecule has 0 saturated heterocycles. The molecular weight excluding hydrogens is 44.9 g/mol. The van der Waals surface area contributed by atoms with E-state index in [-0.39, 0.29) is 49.9 Å². The van der Waals surface area contributed by atoms with Crippen molar-refractivity contribution in [1.29, 1.82) is 0 Å². The minimum Gasteiger partial charge on any atom is -0.269 e. The first-order valence-electron chi connectivity index (χ1n) is 0. The molecule has 0 spiro atoms. The Morgan fingerprint density at radius 2 is 0.750 bits per heavy atom. The van der Waals surface area contributed by atoms with Crippen molar-refractivity contribution < 1.29 is 4.70 Å². The van der Waals surface area contributed by atoms with Gasteiger partial charge in [0, 0.05) is 37.7 Å². The summed E-state index contributed by atoms with van der Waals surface area (Å²) >= 11 is 0. The van der Waals surface area contributed by atoms with Crippen LogP contribution in [0.1, 0.15) is 7.43 Å². The summed E-state index contributed by atoms with van der Waals surface area (Å²) in [5.74, 6) is 0. The van der Waals surface area contributed by atoms with Crippen LogP contribution in [0.5, 0.6) is 0 Å². The van der Waals surface area contributed by atoms with E-state index in [1.807, 2.05) is 0 Å². The monoisotopic (exact) mass is 50.1 g/mol. The number of hydrogen-bond donors (Lipinski definition) is 0. The second-order valence-corrected chi connectivity index (χ2v) is 0. The van der Waals surface area contributed by atoms with Gasteiger partial charge in [-0.2, -0.15) is 0 Å². The molecule has 0 nitrogen and oxygen atoms in total. The third kappa shape index (κ3) is 11.2. The Labute approximate surface area is 50.1 Å². The van der Waals surface area contributed by atoms with Crippen LogP contribution in [-0.4, -0.2) is 37.7 Å². The predicted molar refractivity (Wildman–Crippen MR) is 20.7 cm³/mol. The zero-order valence-corrected chi connectivity index (χ0v) is 2.41. The Bertz CT molecular complexity index is 6.00. The molecule has 0 aromatic rings. The fourth-order valence-corrected chi connectivity index (χ4v) is 0. The molecule has 3 heteroatoms. The van der Waals surface area contributed by atoms with E-state index in [0.29, 0.717) is 0 Å². The summed E-state index contributed by atoms with van der Waals surface area (Å²) in [7, 11) is 0. The van der Waals surface area contributed by atoms with Crippen molar-refractivity contribution in [1.82, 2.24) is 0 Å². The molecule has 0 heterocycles. The fraction of sp³-hybridized carbons (Fsp3) is 1.00. The van der Waals surface area contributed by atoms with Crippen molar-refractivity contribution in [3.63, 3.8) is 0 Å². The van der Waals surface area contributed by atoms with Crippen molar-refractivity contribution in [2.24, 2.45) is 0 Å². The maximum atomic E-state index is 0. The maximum absolute atomic E-state index is 0. The van der Waals surface area contributed by atoms with Crippen LogP contribution in [0.4, 0.5) is 4.70 Å². The Morgan fingerprint density at radius 3 is 0.750 bits per heavy atom. The zero-order valence-electron chi connectivity index (χ0n) is 2.41. The van der Waals surface area contributed by atoms with E-state index in [1.165, 1.54) is 0 Å². The normalized spacial score (nSPS) is 0. The summed E-state index contributed by atoms with van der Waals surface area (Å²) in [6.45, 7) is 0. The van der Waals surface area contributed by atoms with Gasteiger partial charge < -0.3 is 0 Å². The molecule has 0 fully saturated rings. The summed E-state index contributed by atoms with van der Waals surface area (Å²) in [5, 5.41) is 0. The van der Waals surface area contributed by atoms with Gasteiger partial charge in [0.25, 0.3) is 0 Å². The quantitative estimate of drug-likeness (QED) is 0.340. The molecule has 0 aromatic carbocycles. The van der Waals surface area contributed by atoms with Gasteiger partial charge in [-0.15, -0.1) is 0 Å². The van der Waals surface area contributed by atoms with Gasteiger partial charge in [0.15, 0.2) is 0 Å². The molecule has 0 aliphatic heterocycles. The van der Waals surface area contributed by atoms with Gasteiger partial charge in [0.2, 0.25) is 0 Å². The number of rotatable bonds is 0. The van der Waals surface area contributed by atoms with Gasteiger partial charge in [-0.05, 0) is 0 Å². The van der Waals surface area contributed by atoms with Crippen LogP contribution in [0.2, 0.25) is 0 Å². The standard InChI is InChI=1S/CH4.FH.2Li/h1H4;1H;;. The van der Waals surface area contributed by atoms with E-state index in [2.05, 4.69) is 0 Å². The van der Waals surface area contributed by atoms with E-state index < -0.39 is 0 Å². The predicted octanol–water partition coefficient (Wildman–Crippen LogP) is 0.0270. The van der Waals surface area contributed by atoms with Crippen LogP contribution in [0.3, 0.4) is 0 Å². The van der Waals surface area contributed by atoms with Gasteiger partial charge in [0.05, 0.1) is 0 Å². The van der Waals surface area contributed by atoms with Gasteiger partial charge in [0.1, 0.15) is 0 Å². The SMILES string of the molecule is C.F.[Li].[Li]. The molecule has 0 aliphatic carbocycles. The summed E-state index contributed by atoms with van der Waals surface area (Å²) in [4.78, 5) is 0. The molecule has 0 amide bonds. The second kappa shape index (κ2) is 31.8. The average Bonchev–Trinajstić information content (AvgIpc) is 0. The van der Waals surface area contributed by atoms with Crippen molar-refractivity contribution >= 4 is 37.7 Å². The molecule has 2 radical (unpaired) electrons. The average molecular weight is 49.9 g/mol. The van der Waals surface area contributed by atoms with Crippen molar-refractivity contribution in [2.75, 3.05) is 0 Å². The van der Waals surface area contributed by atoms with Crippen LogP contribution in [-0.2, 0) is 0 Å². The Hall–Kier alpha value is 1.12. The second-order valence-electron chi connectivity index (χ2n) is 0. The third-order valence-corrected chi connectivity index (χ3v) is 0. The van der Waals surface area contributed by atoms with Crippen LogP contribution in [0.15, 0.2) is 0 Å². The van der Waals surface area contributed by atoms with E-state index in [0.717, 1.165) is 0 Å². The first-order chi connectivity index (χ1) is 0. The van der Waals surface area contributed by atoms with Gasteiger partial charge in [-0.25, -0.2) is 0 Å². The Morgan fingerprint density at radius 1 is 0.750 bits per heavy atom. The zero-order chi connectivity index (χ0) is 0. The van der Waals surface area contributed by atoms with Crippen molar-refractivity contribution in [2.45, 2.75) is 7.43 Å². The van der Waals surface area contributed by atoms with Crippen LogP contribution >= 0.6 is 0 Å². The first-order valence-corrected chi connectivity index (χ1v) is 0. The van der Waals surface area contributed by atoms with E-state index >= 15 is 0 Å².